The van der Waals surface area contributed by atoms with E-state index in [-0.39, 0.29) is 5.91 Å². The van der Waals surface area contributed by atoms with Crippen LogP contribution in [0.4, 0.5) is 5.69 Å². The molecule has 1 amide bonds. The van der Waals surface area contributed by atoms with Crippen LogP contribution in [0.3, 0.4) is 0 Å². The van der Waals surface area contributed by atoms with E-state index in [4.69, 9.17) is 13.9 Å². The molecule has 1 N–H and O–H groups in total. The highest BCUT2D eigenvalue weighted by Gasteiger charge is 2.18. The van der Waals surface area contributed by atoms with Crippen molar-refractivity contribution in [3.8, 4) is 5.75 Å². The van der Waals surface area contributed by atoms with Gasteiger partial charge in [-0.15, -0.1) is 0 Å². The Morgan fingerprint density at radius 1 is 1.14 bits per heavy atom. The van der Waals surface area contributed by atoms with Gasteiger partial charge in [0.15, 0.2) is 5.76 Å². The normalized spacial score (nSPS) is 11.2. The van der Waals surface area contributed by atoms with Gasteiger partial charge in [-0.3, -0.25) is 4.79 Å². The summed E-state index contributed by atoms with van der Waals surface area (Å²) in [6.07, 6.45) is 2.02. The molecule has 6 heteroatoms. The van der Waals surface area contributed by atoms with E-state index in [0.29, 0.717) is 18.0 Å². The number of furan rings is 1. The van der Waals surface area contributed by atoms with Crippen molar-refractivity contribution in [1.82, 2.24) is 4.57 Å². The number of aryl methyl sites for hydroxylation is 1. The van der Waals surface area contributed by atoms with Gasteiger partial charge in [0.05, 0.1) is 13.7 Å². The van der Waals surface area contributed by atoms with Gasteiger partial charge < -0.3 is 23.8 Å². The summed E-state index contributed by atoms with van der Waals surface area (Å²) in [5.74, 6) is 0.763. The number of hydrogen-bond acceptors (Lipinski definition) is 4. The zero-order valence-corrected chi connectivity index (χ0v) is 16.1. The van der Waals surface area contributed by atoms with E-state index in [1.807, 2.05) is 55.6 Å². The van der Waals surface area contributed by atoms with Crippen molar-refractivity contribution in [2.75, 3.05) is 26.1 Å². The molecule has 0 aliphatic rings. The van der Waals surface area contributed by atoms with Crippen molar-refractivity contribution in [2.45, 2.75) is 13.5 Å². The van der Waals surface area contributed by atoms with E-state index in [1.54, 1.807) is 14.2 Å². The molecular formula is C22H22N2O4. The number of carbonyl (C=O) groups excluding carboxylic acids is 1. The number of nitrogens with one attached hydrogen (secondary N) is 1. The first kappa shape index (κ1) is 18.1. The number of carbonyl (C=O) groups is 1. The SMILES string of the molecule is COCCn1ccc2cc(NC(=O)c3oc4ccc(OC)cc4c3C)ccc21. The lowest BCUT2D eigenvalue weighted by molar-refractivity contribution is 0.0998. The first-order valence-electron chi connectivity index (χ1n) is 9.07. The second-order valence-electron chi connectivity index (χ2n) is 6.65. The van der Waals surface area contributed by atoms with Crippen molar-refractivity contribution in [3.05, 3.63) is 60.0 Å². The Kier molecular flexibility index (Phi) is 4.79. The lowest BCUT2D eigenvalue weighted by Crippen LogP contribution is -2.12. The second-order valence-corrected chi connectivity index (χ2v) is 6.65. The Morgan fingerprint density at radius 2 is 2.00 bits per heavy atom. The van der Waals surface area contributed by atoms with Crippen molar-refractivity contribution < 1.29 is 18.7 Å². The van der Waals surface area contributed by atoms with Gasteiger partial charge in [0, 0.05) is 47.4 Å². The van der Waals surface area contributed by atoms with E-state index in [0.717, 1.165) is 39.8 Å². The molecule has 0 atom stereocenters. The fourth-order valence-corrected chi connectivity index (χ4v) is 3.39. The number of rotatable bonds is 6. The number of fused-ring (bicyclic) bond motifs is 2. The predicted octanol–water partition coefficient (Wildman–Crippen LogP) is 4.60. The fraction of sp³-hybridized carbons (Fsp3) is 0.227. The molecule has 2 aromatic heterocycles. The minimum atomic E-state index is -0.272. The van der Waals surface area contributed by atoms with Gasteiger partial charge in [-0.05, 0) is 49.4 Å². The number of benzene rings is 2. The molecule has 28 heavy (non-hydrogen) atoms. The first-order valence-corrected chi connectivity index (χ1v) is 9.07. The van der Waals surface area contributed by atoms with Crippen LogP contribution in [0.15, 0.2) is 53.1 Å². The molecule has 2 aromatic carbocycles. The van der Waals surface area contributed by atoms with Crippen molar-refractivity contribution >= 4 is 33.5 Å². The minimum absolute atomic E-state index is 0.272. The lowest BCUT2D eigenvalue weighted by atomic mass is 10.1. The van der Waals surface area contributed by atoms with Crippen LogP contribution in [0.25, 0.3) is 21.9 Å². The van der Waals surface area contributed by atoms with Gasteiger partial charge in [-0.25, -0.2) is 0 Å². The van der Waals surface area contributed by atoms with E-state index in [1.165, 1.54) is 0 Å². The average Bonchev–Trinajstić information content (AvgIpc) is 3.26. The average molecular weight is 378 g/mol. The molecule has 0 radical (unpaired) electrons. The second kappa shape index (κ2) is 7.40. The number of nitrogens with zero attached hydrogens (tertiary/aromatic N) is 1. The molecule has 0 bridgehead atoms. The molecule has 2 heterocycles. The molecule has 0 unspecified atom stereocenters. The standard InChI is InChI=1S/C22H22N2O4/c1-14-18-13-17(27-3)5-7-20(18)28-21(14)22(25)23-16-4-6-19-15(12-16)8-9-24(19)10-11-26-2/h4-9,12-13H,10-11H2,1-3H3,(H,23,25). The van der Waals surface area contributed by atoms with Gasteiger partial charge in [0.25, 0.3) is 5.91 Å². The summed E-state index contributed by atoms with van der Waals surface area (Å²) in [7, 11) is 3.30. The number of aromatic nitrogens is 1. The fourth-order valence-electron chi connectivity index (χ4n) is 3.39. The molecule has 4 aromatic rings. The van der Waals surface area contributed by atoms with E-state index in [2.05, 4.69) is 9.88 Å². The highest BCUT2D eigenvalue weighted by atomic mass is 16.5. The zero-order chi connectivity index (χ0) is 19.7. The van der Waals surface area contributed by atoms with Gasteiger partial charge in [0.2, 0.25) is 0 Å². The van der Waals surface area contributed by atoms with Crippen LogP contribution < -0.4 is 10.1 Å². The Balaban J connectivity index is 1.59. The molecule has 0 saturated heterocycles. The van der Waals surface area contributed by atoms with Gasteiger partial charge >= 0.3 is 0 Å². The zero-order valence-electron chi connectivity index (χ0n) is 16.1. The molecule has 4 rings (SSSR count). The number of amides is 1. The molecule has 0 aliphatic carbocycles. The number of anilines is 1. The Hall–Kier alpha value is -3.25. The molecule has 0 spiro atoms. The van der Waals surface area contributed by atoms with Crippen LogP contribution >= 0.6 is 0 Å². The van der Waals surface area contributed by atoms with Crippen LogP contribution in [-0.2, 0) is 11.3 Å². The third kappa shape index (κ3) is 3.23. The Bertz CT molecular complexity index is 1160. The minimum Gasteiger partial charge on any atom is -0.497 e. The largest absolute Gasteiger partial charge is 0.497 e. The highest BCUT2D eigenvalue weighted by molar-refractivity contribution is 6.07. The molecule has 144 valence electrons. The van der Waals surface area contributed by atoms with Gasteiger partial charge in [-0.1, -0.05) is 0 Å². The number of hydrogen-bond donors (Lipinski definition) is 1. The third-order valence-electron chi connectivity index (χ3n) is 4.91. The van der Waals surface area contributed by atoms with Gasteiger partial charge in [0.1, 0.15) is 11.3 Å². The maximum absolute atomic E-state index is 12.8. The third-order valence-corrected chi connectivity index (χ3v) is 4.91. The summed E-state index contributed by atoms with van der Waals surface area (Å²) in [4.78, 5) is 12.8. The quantitative estimate of drug-likeness (QED) is 0.532. The first-order chi connectivity index (χ1) is 13.6. The smallest absolute Gasteiger partial charge is 0.291 e. The van der Waals surface area contributed by atoms with Crippen molar-refractivity contribution in [1.29, 1.82) is 0 Å². The van der Waals surface area contributed by atoms with Crippen LogP contribution in [0.2, 0.25) is 0 Å². The van der Waals surface area contributed by atoms with Gasteiger partial charge in [-0.2, -0.15) is 0 Å². The molecule has 6 nitrogen and oxygen atoms in total. The van der Waals surface area contributed by atoms with E-state index >= 15 is 0 Å². The summed E-state index contributed by atoms with van der Waals surface area (Å²) < 4.78 is 18.3. The summed E-state index contributed by atoms with van der Waals surface area (Å²) in [5.41, 5.74) is 3.27. The maximum atomic E-state index is 12.8. The van der Waals surface area contributed by atoms with E-state index in [9.17, 15) is 4.79 Å². The lowest BCUT2D eigenvalue weighted by Gasteiger charge is -2.07. The van der Waals surface area contributed by atoms with Crippen LogP contribution in [0, 0.1) is 6.92 Å². The van der Waals surface area contributed by atoms with Crippen LogP contribution in [0.5, 0.6) is 5.75 Å². The maximum Gasteiger partial charge on any atom is 0.291 e. The Labute approximate surface area is 162 Å². The topological polar surface area (TPSA) is 65.6 Å². The van der Waals surface area contributed by atoms with Crippen LogP contribution in [0.1, 0.15) is 16.1 Å². The predicted molar refractivity (Wildman–Crippen MR) is 109 cm³/mol. The number of methoxy groups -OCH3 is 2. The molecule has 0 saturated carbocycles. The molecule has 0 aliphatic heterocycles. The monoisotopic (exact) mass is 378 g/mol. The summed E-state index contributed by atoms with van der Waals surface area (Å²) >= 11 is 0. The Morgan fingerprint density at radius 3 is 2.79 bits per heavy atom. The van der Waals surface area contributed by atoms with Crippen molar-refractivity contribution in [2.24, 2.45) is 0 Å². The summed E-state index contributed by atoms with van der Waals surface area (Å²) in [5, 5.41) is 4.86. The summed E-state index contributed by atoms with van der Waals surface area (Å²) in [6.45, 7) is 3.31. The molecule has 0 fully saturated rings. The highest BCUT2D eigenvalue weighted by Crippen LogP contribution is 2.29. The van der Waals surface area contributed by atoms with Crippen molar-refractivity contribution in [3.63, 3.8) is 0 Å². The summed E-state index contributed by atoms with van der Waals surface area (Å²) in [6, 6.07) is 13.4. The number of ether oxygens (including phenoxy) is 2. The van der Waals surface area contributed by atoms with E-state index < -0.39 is 0 Å². The molecular weight excluding hydrogens is 356 g/mol. The van der Waals surface area contributed by atoms with Crippen LogP contribution in [-0.4, -0.2) is 31.3 Å².